The quantitative estimate of drug-likeness (QED) is 0.324. The van der Waals surface area contributed by atoms with Gasteiger partial charge in [-0.1, -0.05) is 42.1 Å². The lowest BCUT2D eigenvalue weighted by Crippen LogP contribution is -2.44. The first-order valence-corrected chi connectivity index (χ1v) is 14.2. The molecule has 2 aliphatic rings. The fourth-order valence-electron chi connectivity index (χ4n) is 4.84. The molecule has 1 aliphatic carbocycles. The number of nitrogens with zero attached hydrogens (tertiary/aromatic N) is 1. The second-order valence-electron chi connectivity index (χ2n) is 10.1. The van der Waals surface area contributed by atoms with Gasteiger partial charge in [-0.25, -0.2) is 4.39 Å². The minimum atomic E-state index is -0.552. The number of hydrogen-bond donors (Lipinski definition) is 1. The van der Waals surface area contributed by atoms with Crippen molar-refractivity contribution in [3.8, 4) is 5.75 Å². The standard InChI is InChI=1S/C27H33Cl2FN2O3S/c1-27(6-8-32(9-7-27)24(15-34-2)18-10-19(28)12-20(29)11-18)16-35-25-14-23(30)22(26(33)31-36-3)13-21(25)17-4-5-17/h10-14,17,24H,4-9,15-16H2,1-3H3,(H,31,33). The van der Waals surface area contributed by atoms with E-state index in [4.69, 9.17) is 32.7 Å². The third-order valence-corrected chi connectivity index (χ3v) is 8.00. The number of rotatable bonds is 10. The monoisotopic (exact) mass is 554 g/mol. The molecular weight excluding hydrogens is 522 g/mol. The van der Waals surface area contributed by atoms with Crippen LogP contribution in [-0.4, -0.2) is 50.5 Å². The Hall–Kier alpha value is -1.51. The molecule has 1 amide bonds. The zero-order valence-corrected chi connectivity index (χ0v) is 23.2. The molecule has 2 aromatic carbocycles. The van der Waals surface area contributed by atoms with Crippen LogP contribution >= 0.6 is 35.1 Å². The summed E-state index contributed by atoms with van der Waals surface area (Å²) in [6.45, 7) is 5.00. The molecule has 0 radical (unpaired) electrons. The van der Waals surface area contributed by atoms with Gasteiger partial charge in [0.2, 0.25) is 0 Å². The third-order valence-electron chi connectivity index (χ3n) is 7.17. The second kappa shape index (κ2) is 11.9. The first-order valence-electron chi connectivity index (χ1n) is 12.2. The highest BCUT2D eigenvalue weighted by Gasteiger charge is 2.35. The number of piperidine rings is 1. The maximum atomic E-state index is 14.8. The predicted octanol–water partition coefficient (Wildman–Crippen LogP) is 6.89. The maximum Gasteiger partial charge on any atom is 0.264 e. The topological polar surface area (TPSA) is 50.8 Å². The number of methoxy groups -OCH3 is 1. The van der Waals surface area contributed by atoms with Gasteiger partial charge in [0.25, 0.3) is 5.91 Å². The van der Waals surface area contributed by atoms with Crippen molar-refractivity contribution >= 4 is 41.1 Å². The van der Waals surface area contributed by atoms with Crippen LogP contribution < -0.4 is 9.46 Å². The van der Waals surface area contributed by atoms with Gasteiger partial charge in [-0.05, 0) is 80.1 Å². The summed E-state index contributed by atoms with van der Waals surface area (Å²) in [7, 11) is 1.70. The van der Waals surface area contributed by atoms with Crippen LogP contribution in [0.25, 0.3) is 0 Å². The lowest BCUT2D eigenvalue weighted by molar-refractivity contribution is 0.0216. The summed E-state index contributed by atoms with van der Waals surface area (Å²) >= 11 is 13.7. The Labute approximate surface area is 227 Å². The van der Waals surface area contributed by atoms with Gasteiger partial charge in [-0.15, -0.1) is 0 Å². The smallest absolute Gasteiger partial charge is 0.264 e. The van der Waals surface area contributed by atoms with E-state index in [1.54, 1.807) is 25.5 Å². The summed E-state index contributed by atoms with van der Waals surface area (Å²) in [6.07, 6.45) is 5.66. The number of halogens is 3. The van der Waals surface area contributed by atoms with Gasteiger partial charge in [0.15, 0.2) is 0 Å². The summed E-state index contributed by atoms with van der Waals surface area (Å²) < 4.78 is 29.2. The van der Waals surface area contributed by atoms with Gasteiger partial charge < -0.3 is 9.47 Å². The Morgan fingerprint density at radius 1 is 1.19 bits per heavy atom. The average molecular weight is 556 g/mol. The van der Waals surface area contributed by atoms with Crippen LogP contribution in [0, 0.1) is 11.2 Å². The molecule has 4 rings (SSSR count). The largest absolute Gasteiger partial charge is 0.493 e. The van der Waals surface area contributed by atoms with Gasteiger partial charge in [0.1, 0.15) is 11.6 Å². The molecule has 0 spiro atoms. The highest BCUT2D eigenvalue weighted by molar-refractivity contribution is 7.97. The first-order chi connectivity index (χ1) is 17.2. The summed E-state index contributed by atoms with van der Waals surface area (Å²) in [5, 5.41) is 1.23. The van der Waals surface area contributed by atoms with E-state index in [0.29, 0.717) is 34.9 Å². The highest BCUT2D eigenvalue weighted by Crippen LogP contribution is 2.46. The molecule has 2 aromatic rings. The van der Waals surface area contributed by atoms with Crippen molar-refractivity contribution in [1.29, 1.82) is 0 Å². The zero-order chi connectivity index (χ0) is 25.9. The minimum Gasteiger partial charge on any atom is -0.493 e. The minimum absolute atomic E-state index is 0.0493. The molecule has 1 N–H and O–H groups in total. The van der Waals surface area contributed by atoms with E-state index in [9.17, 15) is 9.18 Å². The molecule has 1 atom stereocenters. The van der Waals surface area contributed by atoms with Crippen molar-refractivity contribution in [2.75, 3.05) is 39.7 Å². The molecular formula is C27H33Cl2FN2O3S. The van der Waals surface area contributed by atoms with Crippen LogP contribution in [0.3, 0.4) is 0 Å². The number of nitrogens with one attached hydrogen (secondary N) is 1. The van der Waals surface area contributed by atoms with E-state index in [1.165, 1.54) is 6.07 Å². The van der Waals surface area contributed by atoms with Crippen LogP contribution in [0.2, 0.25) is 10.0 Å². The zero-order valence-electron chi connectivity index (χ0n) is 20.9. The molecule has 0 bridgehead atoms. The summed E-state index contributed by atoms with van der Waals surface area (Å²) in [6, 6.07) is 8.76. The van der Waals surface area contributed by atoms with Crippen LogP contribution in [0.5, 0.6) is 5.75 Å². The highest BCUT2D eigenvalue weighted by atomic mass is 35.5. The fourth-order valence-corrected chi connectivity index (χ4v) is 5.68. The normalized spacial score (nSPS) is 18.6. The molecule has 9 heteroatoms. The molecule has 5 nitrogen and oxygen atoms in total. The van der Waals surface area contributed by atoms with Gasteiger partial charge in [0, 0.05) is 34.9 Å². The molecule has 1 saturated carbocycles. The Kier molecular flexibility index (Phi) is 9.10. The van der Waals surface area contributed by atoms with E-state index < -0.39 is 11.7 Å². The number of likely N-dealkylation sites (tertiary alicyclic amines) is 1. The molecule has 0 aromatic heterocycles. The molecule has 36 heavy (non-hydrogen) atoms. The Morgan fingerprint density at radius 3 is 2.44 bits per heavy atom. The SMILES string of the molecule is COCC(c1cc(Cl)cc(Cl)c1)N1CCC(C)(COc2cc(F)c(C(=O)NSC)cc2C2CC2)CC1. The number of ether oxygens (including phenoxy) is 2. The van der Waals surface area contributed by atoms with Crippen molar-refractivity contribution in [3.63, 3.8) is 0 Å². The number of carbonyl (C=O) groups is 1. The number of benzene rings is 2. The fraction of sp³-hybridized carbons (Fsp3) is 0.519. The summed E-state index contributed by atoms with van der Waals surface area (Å²) in [4.78, 5) is 14.7. The summed E-state index contributed by atoms with van der Waals surface area (Å²) in [5.74, 6) is -0.0801. The molecule has 1 unspecified atom stereocenters. The predicted molar refractivity (Wildman–Crippen MR) is 145 cm³/mol. The lowest BCUT2D eigenvalue weighted by Gasteiger charge is -2.42. The third kappa shape index (κ3) is 6.67. The van der Waals surface area contributed by atoms with E-state index in [2.05, 4.69) is 16.5 Å². The van der Waals surface area contributed by atoms with Crippen molar-refractivity contribution in [1.82, 2.24) is 9.62 Å². The molecule has 1 aliphatic heterocycles. The van der Waals surface area contributed by atoms with Gasteiger partial charge >= 0.3 is 0 Å². The number of hydrogen-bond acceptors (Lipinski definition) is 5. The van der Waals surface area contributed by atoms with Crippen LogP contribution in [0.4, 0.5) is 4.39 Å². The van der Waals surface area contributed by atoms with Crippen molar-refractivity contribution < 1.29 is 18.7 Å². The van der Waals surface area contributed by atoms with E-state index >= 15 is 0 Å². The van der Waals surface area contributed by atoms with Gasteiger partial charge in [-0.2, -0.15) is 0 Å². The van der Waals surface area contributed by atoms with Gasteiger partial charge in [0.05, 0.1) is 24.8 Å². The molecule has 1 saturated heterocycles. The molecule has 196 valence electrons. The number of carbonyl (C=O) groups excluding carboxylic acids is 1. The van der Waals surface area contributed by atoms with Gasteiger partial charge in [-0.3, -0.25) is 14.4 Å². The first kappa shape index (κ1) is 27.5. The van der Waals surface area contributed by atoms with Crippen molar-refractivity contribution in [3.05, 3.63) is 62.9 Å². The van der Waals surface area contributed by atoms with Crippen LogP contribution in [0.15, 0.2) is 30.3 Å². The Bertz CT molecular complexity index is 1070. The second-order valence-corrected chi connectivity index (χ2v) is 11.6. The van der Waals surface area contributed by atoms with E-state index in [0.717, 1.165) is 61.8 Å². The summed E-state index contributed by atoms with van der Waals surface area (Å²) in [5.41, 5.74) is 2.00. The van der Waals surface area contributed by atoms with Crippen molar-refractivity contribution in [2.24, 2.45) is 5.41 Å². The average Bonchev–Trinajstić information content (AvgIpc) is 3.67. The maximum absolute atomic E-state index is 14.8. The van der Waals surface area contributed by atoms with E-state index in [-0.39, 0.29) is 17.0 Å². The Morgan fingerprint density at radius 2 is 1.86 bits per heavy atom. The van der Waals surface area contributed by atoms with E-state index in [1.807, 2.05) is 12.1 Å². The van der Waals surface area contributed by atoms with Crippen LogP contribution in [0.1, 0.15) is 66.1 Å². The van der Waals surface area contributed by atoms with Crippen LogP contribution in [-0.2, 0) is 4.74 Å². The molecule has 2 fully saturated rings. The number of amides is 1. The lowest BCUT2D eigenvalue weighted by atomic mass is 9.80. The van der Waals surface area contributed by atoms with Crippen molar-refractivity contribution in [2.45, 2.75) is 44.6 Å². The Balaban J connectivity index is 1.43. The molecule has 1 heterocycles.